The monoisotopic (exact) mass is 305 g/mol. The number of ether oxygens (including phenoxy) is 1. The molecule has 0 atom stereocenters. The first-order valence-electron chi connectivity index (χ1n) is 4.94. The topological polar surface area (TPSA) is 29.5 Å². The Hall–Kier alpha value is -0.550. The molecule has 1 aromatic heterocycles. The number of hydrogen-bond donors (Lipinski definition) is 0. The first kappa shape index (κ1) is 13.5. The number of thiophene rings is 1. The van der Waals surface area contributed by atoms with Gasteiger partial charge >= 0.3 is 6.09 Å². The zero-order chi connectivity index (χ0) is 12.3. The highest BCUT2D eigenvalue weighted by molar-refractivity contribution is 9.10. The van der Waals surface area contributed by atoms with Crippen LogP contribution in [-0.4, -0.2) is 23.6 Å². The fraction of sp³-hybridized carbons (Fsp3) is 0.545. The molecule has 3 nitrogen and oxygen atoms in total. The fourth-order valence-electron chi connectivity index (χ4n) is 1.08. The third kappa shape index (κ3) is 4.14. The maximum absolute atomic E-state index is 11.7. The molecule has 0 aliphatic carbocycles. The molecule has 0 aliphatic rings. The number of carbonyl (C=O) groups is 1. The summed E-state index contributed by atoms with van der Waals surface area (Å²) < 4.78 is 6.30. The van der Waals surface area contributed by atoms with E-state index in [2.05, 4.69) is 15.9 Å². The maximum Gasteiger partial charge on any atom is 0.410 e. The van der Waals surface area contributed by atoms with Crippen LogP contribution in [0.25, 0.3) is 0 Å². The van der Waals surface area contributed by atoms with Crippen molar-refractivity contribution in [3.8, 4) is 0 Å². The van der Waals surface area contributed by atoms with Crippen LogP contribution in [0.2, 0.25) is 0 Å². The van der Waals surface area contributed by atoms with Gasteiger partial charge in [0.05, 0.1) is 6.54 Å². The fourth-order valence-corrected chi connectivity index (χ4v) is 2.50. The van der Waals surface area contributed by atoms with Crippen molar-refractivity contribution in [2.45, 2.75) is 32.9 Å². The second-order valence-electron chi connectivity index (χ2n) is 4.58. The molecule has 5 heteroatoms. The Labute approximate surface area is 109 Å². The van der Waals surface area contributed by atoms with E-state index in [1.54, 1.807) is 23.3 Å². The Morgan fingerprint density at radius 3 is 2.56 bits per heavy atom. The van der Waals surface area contributed by atoms with Gasteiger partial charge in [0.2, 0.25) is 0 Å². The number of hydrogen-bond acceptors (Lipinski definition) is 3. The van der Waals surface area contributed by atoms with E-state index in [-0.39, 0.29) is 6.09 Å². The Morgan fingerprint density at radius 1 is 1.50 bits per heavy atom. The van der Waals surface area contributed by atoms with Gasteiger partial charge in [-0.05, 0) is 47.6 Å². The van der Waals surface area contributed by atoms with E-state index in [0.29, 0.717) is 6.54 Å². The van der Waals surface area contributed by atoms with Crippen LogP contribution in [0.1, 0.15) is 26.3 Å². The van der Waals surface area contributed by atoms with E-state index in [4.69, 9.17) is 4.74 Å². The minimum Gasteiger partial charge on any atom is -0.444 e. The molecule has 90 valence electrons. The summed E-state index contributed by atoms with van der Waals surface area (Å²) in [4.78, 5) is 13.3. The molecular weight excluding hydrogens is 290 g/mol. The van der Waals surface area contributed by atoms with Crippen molar-refractivity contribution in [1.82, 2.24) is 4.90 Å². The normalized spacial score (nSPS) is 11.3. The van der Waals surface area contributed by atoms with Crippen molar-refractivity contribution in [1.29, 1.82) is 0 Å². The summed E-state index contributed by atoms with van der Waals surface area (Å²) in [5.74, 6) is 0. The predicted molar refractivity (Wildman–Crippen MR) is 69.7 cm³/mol. The van der Waals surface area contributed by atoms with Gasteiger partial charge < -0.3 is 9.64 Å². The van der Waals surface area contributed by atoms with Gasteiger partial charge in [0.1, 0.15) is 5.60 Å². The summed E-state index contributed by atoms with van der Waals surface area (Å²) in [5, 5.41) is 4.02. The average molecular weight is 306 g/mol. The number of amides is 1. The molecule has 0 aliphatic heterocycles. The molecule has 16 heavy (non-hydrogen) atoms. The standard InChI is InChI=1S/C11H16BrNO2S/c1-11(2,3)15-10(14)13(4)5-8-6-16-7-9(8)12/h6-7H,5H2,1-4H3. The lowest BCUT2D eigenvalue weighted by atomic mass is 10.2. The molecule has 0 unspecified atom stereocenters. The lowest BCUT2D eigenvalue weighted by Crippen LogP contribution is -2.33. The second-order valence-corrected chi connectivity index (χ2v) is 6.18. The Morgan fingerprint density at radius 2 is 2.12 bits per heavy atom. The molecule has 0 fully saturated rings. The number of rotatable bonds is 2. The van der Waals surface area contributed by atoms with Gasteiger partial charge in [-0.1, -0.05) is 0 Å². The van der Waals surface area contributed by atoms with E-state index in [1.165, 1.54) is 0 Å². The van der Waals surface area contributed by atoms with Crippen LogP contribution in [0.15, 0.2) is 15.2 Å². The van der Waals surface area contributed by atoms with Gasteiger partial charge in [-0.25, -0.2) is 4.79 Å². The summed E-state index contributed by atoms with van der Waals surface area (Å²) >= 11 is 5.04. The Bertz CT molecular complexity index is 370. The van der Waals surface area contributed by atoms with Crippen molar-refractivity contribution in [3.63, 3.8) is 0 Å². The maximum atomic E-state index is 11.7. The number of halogens is 1. The molecule has 1 rings (SSSR count). The lowest BCUT2D eigenvalue weighted by Gasteiger charge is -2.24. The van der Waals surface area contributed by atoms with Crippen LogP contribution in [-0.2, 0) is 11.3 Å². The van der Waals surface area contributed by atoms with Crippen molar-refractivity contribution in [2.24, 2.45) is 0 Å². The highest BCUT2D eigenvalue weighted by Crippen LogP contribution is 2.22. The molecule has 0 spiro atoms. The predicted octanol–water partition coefficient (Wildman–Crippen LogP) is 3.88. The molecule has 1 aromatic rings. The Balaban J connectivity index is 2.56. The average Bonchev–Trinajstić information content (AvgIpc) is 2.49. The summed E-state index contributed by atoms with van der Waals surface area (Å²) in [6.07, 6.45) is -0.300. The van der Waals surface area contributed by atoms with Crippen molar-refractivity contribution < 1.29 is 9.53 Å². The van der Waals surface area contributed by atoms with Crippen LogP contribution in [0.4, 0.5) is 4.79 Å². The molecule has 0 aromatic carbocycles. The third-order valence-corrected chi connectivity index (χ3v) is 3.63. The molecular formula is C11H16BrNO2S. The SMILES string of the molecule is CN(Cc1cscc1Br)C(=O)OC(C)(C)C. The van der Waals surface area contributed by atoms with Crippen molar-refractivity contribution in [3.05, 3.63) is 20.8 Å². The summed E-state index contributed by atoms with van der Waals surface area (Å²) in [6.45, 7) is 6.14. The van der Waals surface area contributed by atoms with Crippen LogP contribution >= 0.6 is 27.3 Å². The Kier molecular flexibility index (Phi) is 4.38. The molecule has 1 amide bonds. The van der Waals surface area contributed by atoms with E-state index in [9.17, 15) is 4.79 Å². The van der Waals surface area contributed by atoms with Gasteiger partial charge in [0.25, 0.3) is 0 Å². The summed E-state index contributed by atoms with van der Waals surface area (Å²) in [6, 6.07) is 0. The van der Waals surface area contributed by atoms with Crippen LogP contribution in [0, 0.1) is 0 Å². The first-order chi connectivity index (χ1) is 7.29. The van der Waals surface area contributed by atoms with Gasteiger partial charge in [-0.2, -0.15) is 11.3 Å². The van der Waals surface area contributed by atoms with Gasteiger partial charge in [-0.3, -0.25) is 0 Å². The van der Waals surface area contributed by atoms with Gasteiger partial charge in [-0.15, -0.1) is 0 Å². The molecule has 1 heterocycles. The smallest absolute Gasteiger partial charge is 0.410 e. The molecule has 0 saturated carbocycles. The highest BCUT2D eigenvalue weighted by atomic mass is 79.9. The van der Waals surface area contributed by atoms with Gasteiger partial charge in [0, 0.05) is 16.9 Å². The molecule has 0 radical (unpaired) electrons. The minimum absolute atomic E-state index is 0.300. The highest BCUT2D eigenvalue weighted by Gasteiger charge is 2.20. The van der Waals surface area contributed by atoms with E-state index in [1.807, 2.05) is 31.5 Å². The van der Waals surface area contributed by atoms with Crippen LogP contribution in [0.3, 0.4) is 0 Å². The van der Waals surface area contributed by atoms with Crippen molar-refractivity contribution >= 4 is 33.4 Å². The first-order valence-corrected chi connectivity index (χ1v) is 6.68. The second kappa shape index (κ2) is 5.19. The minimum atomic E-state index is -0.447. The largest absolute Gasteiger partial charge is 0.444 e. The van der Waals surface area contributed by atoms with Crippen LogP contribution < -0.4 is 0 Å². The van der Waals surface area contributed by atoms with E-state index >= 15 is 0 Å². The summed E-state index contributed by atoms with van der Waals surface area (Å²) in [7, 11) is 1.73. The summed E-state index contributed by atoms with van der Waals surface area (Å²) in [5.41, 5.74) is 0.649. The van der Waals surface area contributed by atoms with E-state index in [0.717, 1.165) is 10.0 Å². The molecule has 0 bridgehead atoms. The zero-order valence-electron chi connectivity index (χ0n) is 9.91. The number of carbonyl (C=O) groups excluding carboxylic acids is 1. The van der Waals surface area contributed by atoms with Crippen LogP contribution in [0.5, 0.6) is 0 Å². The third-order valence-electron chi connectivity index (χ3n) is 1.80. The van der Waals surface area contributed by atoms with E-state index < -0.39 is 5.60 Å². The lowest BCUT2D eigenvalue weighted by molar-refractivity contribution is 0.0285. The van der Waals surface area contributed by atoms with Gasteiger partial charge in [0.15, 0.2) is 0 Å². The number of nitrogens with zero attached hydrogens (tertiary/aromatic N) is 1. The molecule has 0 saturated heterocycles. The molecule has 0 N–H and O–H groups in total. The quantitative estimate of drug-likeness (QED) is 0.830. The zero-order valence-corrected chi connectivity index (χ0v) is 12.3. The van der Waals surface area contributed by atoms with Crippen molar-refractivity contribution in [2.75, 3.05) is 7.05 Å².